The number of rotatable bonds is 8. The lowest BCUT2D eigenvalue weighted by atomic mass is 10.0. The number of nitrogens with one attached hydrogen (secondary N) is 1. The molecule has 1 fully saturated rings. The fourth-order valence-corrected chi connectivity index (χ4v) is 3.90. The van der Waals surface area contributed by atoms with E-state index < -0.39 is 0 Å². The van der Waals surface area contributed by atoms with Crippen LogP contribution in [0.25, 0.3) is 0 Å². The molecule has 0 aromatic rings. The molecular formula is C16H29NS. The molecule has 0 spiro atoms. The Morgan fingerprint density at radius 3 is 2.72 bits per heavy atom. The molecule has 1 atom stereocenters. The Morgan fingerprint density at radius 1 is 1.28 bits per heavy atom. The number of hydrogen-bond acceptors (Lipinski definition) is 2. The van der Waals surface area contributed by atoms with Crippen LogP contribution in [0.15, 0.2) is 0 Å². The predicted octanol–water partition coefficient (Wildman–Crippen LogP) is 4.22. The van der Waals surface area contributed by atoms with Crippen LogP contribution in [0.1, 0.15) is 65.2 Å². The lowest BCUT2D eigenvalue weighted by molar-refractivity contribution is 0.507. The largest absolute Gasteiger partial charge is 0.313 e. The molecule has 0 bridgehead atoms. The van der Waals surface area contributed by atoms with E-state index in [1.807, 2.05) is 6.92 Å². The maximum absolute atomic E-state index is 3.68. The second kappa shape index (κ2) is 10.8. The second-order valence-electron chi connectivity index (χ2n) is 5.21. The first-order valence-electron chi connectivity index (χ1n) is 7.61. The maximum Gasteiger partial charge on any atom is 0.0167 e. The highest BCUT2D eigenvalue weighted by molar-refractivity contribution is 7.99. The molecule has 18 heavy (non-hydrogen) atoms. The minimum Gasteiger partial charge on any atom is -0.313 e. The minimum absolute atomic E-state index is 0.665. The van der Waals surface area contributed by atoms with Gasteiger partial charge in [-0.1, -0.05) is 26.2 Å². The molecule has 0 aromatic carbocycles. The minimum atomic E-state index is 0.665. The molecule has 104 valence electrons. The molecule has 2 heteroatoms. The van der Waals surface area contributed by atoms with E-state index in [0.29, 0.717) is 6.04 Å². The van der Waals surface area contributed by atoms with Gasteiger partial charge >= 0.3 is 0 Å². The first kappa shape index (κ1) is 15.9. The molecule has 0 saturated heterocycles. The van der Waals surface area contributed by atoms with Crippen molar-refractivity contribution in [1.82, 2.24) is 5.32 Å². The van der Waals surface area contributed by atoms with Crippen LogP contribution in [-0.4, -0.2) is 23.6 Å². The van der Waals surface area contributed by atoms with Crippen molar-refractivity contribution in [3.05, 3.63) is 0 Å². The van der Waals surface area contributed by atoms with Crippen LogP contribution >= 0.6 is 11.8 Å². The molecule has 1 rings (SSSR count). The lowest BCUT2D eigenvalue weighted by Crippen LogP contribution is -2.32. The molecule has 0 amide bonds. The van der Waals surface area contributed by atoms with E-state index in [1.54, 1.807) is 0 Å². The Bertz CT molecular complexity index is 248. The summed E-state index contributed by atoms with van der Waals surface area (Å²) in [6, 6.07) is 0.665. The van der Waals surface area contributed by atoms with Crippen molar-refractivity contribution < 1.29 is 0 Å². The van der Waals surface area contributed by atoms with Crippen molar-refractivity contribution in [3.8, 4) is 11.8 Å². The Labute approximate surface area is 118 Å². The predicted molar refractivity (Wildman–Crippen MR) is 84.1 cm³/mol. The van der Waals surface area contributed by atoms with E-state index in [4.69, 9.17) is 0 Å². The Hall–Kier alpha value is -0.130. The zero-order valence-corrected chi connectivity index (χ0v) is 13.0. The molecule has 1 aliphatic rings. The van der Waals surface area contributed by atoms with Crippen LogP contribution in [-0.2, 0) is 0 Å². The van der Waals surface area contributed by atoms with Crippen LogP contribution in [0.4, 0.5) is 0 Å². The smallest absolute Gasteiger partial charge is 0.0167 e. The molecule has 0 aliphatic heterocycles. The normalized spacial score (nSPS) is 18.1. The van der Waals surface area contributed by atoms with Crippen molar-refractivity contribution in [2.75, 3.05) is 12.3 Å². The summed E-state index contributed by atoms with van der Waals surface area (Å²) < 4.78 is 0. The van der Waals surface area contributed by atoms with Gasteiger partial charge in [0, 0.05) is 23.5 Å². The van der Waals surface area contributed by atoms with E-state index >= 15 is 0 Å². The van der Waals surface area contributed by atoms with Crippen LogP contribution < -0.4 is 5.32 Å². The molecule has 0 radical (unpaired) electrons. The molecule has 1 unspecified atom stereocenters. The summed E-state index contributed by atoms with van der Waals surface area (Å²) >= 11 is 2.20. The summed E-state index contributed by atoms with van der Waals surface area (Å²) in [5.74, 6) is 7.47. The third kappa shape index (κ3) is 7.34. The van der Waals surface area contributed by atoms with Crippen LogP contribution in [0.5, 0.6) is 0 Å². The highest BCUT2D eigenvalue weighted by Crippen LogP contribution is 2.28. The zero-order chi connectivity index (χ0) is 13.1. The van der Waals surface area contributed by atoms with Gasteiger partial charge in [0.2, 0.25) is 0 Å². The summed E-state index contributed by atoms with van der Waals surface area (Å²) in [7, 11) is 0. The van der Waals surface area contributed by atoms with Gasteiger partial charge < -0.3 is 5.32 Å². The van der Waals surface area contributed by atoms with E-state index in [1.165, 1.54) is 50.7 Å². The molecule has 1 aliphatic carbocycles. The molecule has 0 aromatic heterocycles. The van der Waals surface area contributed by atoms with Gasteiger partial charge in [0.05, 0.1) is 0 Å². The Morgan fingerprint density at radius 2 is 2.06 bits per heavy atom. The van der Waals surface area contributed by atoms with Crippen molar-refractivity contribution in [2.45, 2.75) is 76.5 Å². The van der Waals surface area contributed by atoms with Gasteiger partial charge in [-0.3, -0.25) is 0 Å². The van der Waals surface area contributed by atoms with Gasteiger partial charge in [0.1, 0.15) is 0 Å². The van der Waals surface area contributed by atoms with Gasteiger partial charge in [-0.2, -0.15) is 11.8 Å². The topological polar surface area (TPSA) is 12.0 Å². The monoisotopic (exact) mass is 267 g/mol. The zero-order valence-electron chi connectivity index (χ0n) is 12.1. The van der Waals surface area contributed by atoms with Crippen molar-refractivity contribution in [2.24, 2.45) is 0 Å². The fraction of sp³-hybridized carbons (Fsp3) is 0.875. The Balaban J connectivity index is 2.21. The third-order valence-corrected chi connectivity index (χ3v) is 5.10. The summed E-state index contributed by atoms with van der Waals surface area (Å²) in [5.41, 5.74) is 0. The van der Waals surface area contributed by atoms with Gasteiger partial charge in [-0.15, -0.1) is 11.8 Å². The second-order valence-corrected chi connectivity index (χ2v) is 6.54. The Kier molecular flexibility index (Phi) is 9.52. The van der Waals surface area contributed by atoms with Crippen molar-refractivity contribution >= 4 is 11.8 Å². The van der Waals surface area contributed by atoms with Crippen LogP contribution in [0.2, 0.25) is 0 Å². The van der Waals surface area contributed by atoms with Crippen LogP contribution in [0.3, 0.4) is 0 Å². The molecule has 1 nitrogen and oxygen atoms in total. The quantitative estimate of drug-likeness (QED) is 0.661. The lowest BCUT2D eigenvalue weighted by Gasteiger charge is -2.24. The summed E-state index contributed by atoms with van der Waals surface area (Å²) in [6.45, 7) is 5.32. The van der Waals surface area contributed by atoms with Gasteiger partial charge in [0.25, 0.3) is 0 Å². The average Bonchev–Trinajstić information content (AvgIpc) is 2.42. The van der Waals surface area contributed by atoms with E-state index in [2.05, 4.69) is 35.8 Å². The molecule has 1 N–H and O–H groups in total. The summed E-state index contributed by atoms with van der Waals surface area (Å²) in [4.78, 5) is 0. The number of thioether (sulfide) groups is 1. The SMILES string of the molecule is CC#CCCC(CSC1CCCCC1)NCCC. The van der Waals surface area contributed by atoms with Crippen molar-refractivity contribution in [1.29, 1.82) is 0 Å². The van der Waals surface area contributed by atoms with E-state index in [0.717, 1.165) is 18.2 Å². The standard InChI is InChI=1S/C16H29NS/c1-3-5-7-10-15(17-13-4-2)14-18-16-11-8-6-9-12-16/h15-17H,4,6-14H2,1-2H3. The van der Waals surface area contributed by atoms with Gasteiger partial charge in [-0.05, 0) is 39.2 Å². The molecule has 0 heterocycles. The van der Waals surface area contributed by atoms with Crippen molar-refractivity contribution in [3.63, 3.8) is 0 Å². The molecule has 1 saturated carbocycles. The molecular weight excluding hydrogens is 238 g/mol. The van der Waals surface area contributed by atoms with E-state index in [9.17, 15) is 0 Å². The first-order valence-corrected chi connectivity index (χ1v) is 8.66. The highest BCUT2D eigenvalue weighted by Gasteiger charge is 2.16. The fourth-order valence-electron chi connectivity index (χ4n) is 2.45. The average molecular weight is 267 g/mol. The highest BCUT2D eigenvalue weighted by atomic mass is 32.2. The third-order valence-electron chi connectivity index (χ3n) is 3.56. The van der Waals surface area contributed by atoms with E-state index in [-0.39, 0.29) is 0 Å². The van der Waals surface area contributed by atoms with Crippen LogP contribution in [0, 0.1) is 11.8 Å². The first-order chi connectivity index (χ1) is 8.86. The summed E-state index contributed by atoms with van der Waals surface area (Å²) in [6.07, 6.45) is 10.7. The number of hydrogen-bond donors (Lipinski definition) is 1. The summed E-state index contributed by atoms with van der Waals surface area (Å²) in [5, 5.41) is 4.61. The van der Waals surface area contributed by atoms with Gasteiger partial charge in [0.15, 0.2) is 0 Å². The maximum atomic E-state index is 3.68. The van der Waals surface area contributed by atoms with Gasteiger partial charge in [-0.25, -0.2) is 0 Å².